The third-order valence-corrected chi connectivity index (χ3v) is 5.39. The fraction of sp³-hybridized carbons (Fsp3) is 0.500. The van der Waals surface area contributed by atoms with Crippen LogP contribution in [0.3, 0.4) is 0 Å². The second-order valence-electron chi connectivity index (χ2n) is 7.39. The van der Waals surface area contributed by atoms with Crippen molar-refractivity contribution in [2.45, 2.75) is 33.7 Å². The number of hydrogen-bond acceptors (Lipinski definition) is 5. The second kappa shape index (κ2) is 8.64. The van der Waals surface area contributed by atoms with Crippen molar-refractivity contribution in [2.24, 2.45) is 11.8 Å². The normalized spacial score (nSPS) is 20.7. The molecule has 140 valence electrons. The van der Waals surface area contributed by atoms with Gasteiger partial charge in [0, 0.05) is 25.0 Å². The number of anilines is 1. The number of carbonyl (C=O) groups excluding carboxylic acids is 1. The number of ether oxygens (including phenoxy) is 1. The molecule has 6 heteroatoms. The number of nitrogens with zero attached hydrogens (tertiary/aromatic N) is 2. The highest BCUT2D eigenvalue weighted by Gasteiger charge is 2.22. The van der Waals surface area contributed by atoms with Crippen LogP contribution in [0, 0.1) is 18.8 Å². The zero-order valence-electron chi connectivity index (χ0n) is 15.7. The molecular weight excluding hydrogens is 346 g/mol. The number of nitrogens with one attached hydrogen (secondary N) is 1. The fourth-order valence-electron chi connectivity index (χ4n) is 3.60. The van der Waals surface area contributed by atoms with Crippen molar-refractivity contribution in [3.8, 4) is 5.75 Å². The summed E-state index contributed by atoms with van der Waals surface area (Å²) in [6.07, 6.45) is 1.30. The van der Waals surface area contributed by atoms with Gasteiger partial charge in [0.1, 0.15) is 5.75 Å². The van der Waals surface area contributed by atoms with E-state index in [1.54, 1.807) is 0 Å². The van der Waals surface area contributed by atoms with E-state index in [2.05, 4.69) is 29.0 Å². The Kier molecular flexibility index (Phi) is 6.27. The summed E-state index contributed by atoms with van der Waals surface area (Å²) in [5, 5.41) is 5.50. The van der Waals surface area contributed by atoms with Crippen molar-refractivity contribution in [1.82, 2.24) is 9.88 Å². The monoisotopic (exact) mass is 373 g/mol. The molecule has 2 heterocycles. The molecule has 1 fully saturated rings. The van der Waals surface area contributed by atoms with E-state index in [-0.39, 0.29) is 12.5 Å². The molecule has 1 aliphatic rings. The Morgan fingerprint density at radius 2 is 2.04 bits per heavy atom. The summed E-state index contributed by atoms with van der Waals surface area (Å²) in [6, 6.07) is 7.67. The molecule has 0 unspecified atom stereocenters. The van der Waals surface area contributed by atoms with E-state index in [9.17, 15) is 4.79 Å². The van der Waals surface area contributed by atoms with Crippen LogP contribution in [0.1, 0.15) is 31.5 Å². The first kappa shape index (κ1) is 18.9. The van der Waals surface area contributed by atoms with E-state index in [0.29, 0.717) is 5.13 Å². The quantitative estimate of drug-likeness (QED) is 0.833. The first-order chi connectivity index (χ1) is 12.5. The largest absolute Gasteiger partial charge is 0.483 e. The molecule has 0 spiro atoms. The van der Waals surface area contributed by atoms with Crippen LogP contribution in [-0.2, 0) is 11.3 Å². The molecule has 1 amide bonds. The topological polar surface area (TPSA) is 54.5 Å². The first-order valence-electron chi connectivity index (χ1n) is 9.14. The Balaban J connectivity index is 1.48. The zero-order valence-corrected chi connectivity index (χ0v) is 16.5. The molecule has 1 aliphatic heterocycles. The van der Waals surface area contributed by atoms with Crippen LogP contribution in [0.2, 0.25) is 0 Å². The lowest BCUT2D eigenvalue weighted by Crippen LogP contribution is -2.38. The third kappa shape index (κ3) is 5.29. The van der Waals surface area contributed by atoms with E-state index >= 15 is 0 Å². The summed E-state index contributed by atoms with van der Waals surface area (Å²) < 4.78 is 5.58. The molecule has 2 atom stereocenters. The van der Waals surface area contributed by atoms with Gasteiger partial charge < -0.3 is 4.74 Å². The SMILES string of the molecule is Cc1ccccc1OCC(=O)Nc1nc(CN2C[C@H](C)C[C@H](C)C2)cs1. The average Bonchev–Trinajstić information content (AvgIpc) is 3.00. The van der Waals surface area contributed by atoms with Crippen LogP contribution >= 0.6 is 11.3 Å². The van der Waals surface area contributed by atoms with Crippen molar-refractivity contribution < 1.29 is 9.53 Å². The third-order valence-electron chi connectivity index (χ3n) is 4.58. The van der Waals surface area contributed by atoms with Gasteiger partial charge in [0.25, 0.3) is 5.91 Å². The smallest absolute Gasteiger partial charge is 0.264 e. The maximum Gasteiger partial charge on any atom is 0.264 e. The van der Waals surface area contributed by atoms with Crippen molar-refractivity contribution in [1.29, 1.82) is 0 Å². The van der Waals surface area contributed by atoms with Crippen molar-refractivity contribution in [2.75, 3.05) is 25.0 Å². The van der Waals surface area contributed by atoms with Crippen molar-refractivity contribution >= 4 is 22.4 Å². The predicted octanol–water partition coefficient (Wildman–Crippen LogP) is 3.95. The van der Waals surface area contributed by atoms with Crippen LogP contribution in [0.15, 0.2) is 29.6 Å². The molecule has 1 N–H and O–H groups in total. The Morgan fingerprint density at radius 1 is 1.31 bits per heavy atom. The first-order valence-corrected chi connectivity index (χ1v) is 10.0. The summed E-state index contributed by atoms with van der Waals surface area (Å²) in [5.41, 5.74) is 2.04. The lowest BCUT2D eigenvalue weighted by molar-refractivity contribution is -0.118. The highest BCUT2D eigenvalue weighted by molar-refractivity contribution is 7.13. The molecule has 0 aliphatic carbocycles. The second-order valence-corrected chi connectivity index (χ2v) is 8.24. The van der Waals surface area contributed by atoms with Gasteiger partial charge in [0.05, 0.1) is 5.69 Å². The van der Waals surface area contributed by atoms with Gasteiger partial charge in [0.2, 0.25) is 0 Å². The van der Waals surface area contributed by atoms with Crippen LogP contribution in [0.5, 0.6) is 5.75 Å². The fourth-order valence-corrected chi connectivity index (χ4v) is 4.32. The molecule has 1 aromatic heterocycles. The number of thiazole rings is 1. The molecule has 3 rings (SSSR count). The average molecular weight is 374 g/mol. The highest BCUT2D eigenvalue weighted by atomic mass is 32.1. The molecular formula is C20H27N3O2S. The number of hydrogen-bond donors (Lipinski definition) is 1. The maximum atomic E-state index is 12.1. The number of aryl methyl sites for hydroxylation is 1. The Hall–Kier alpha value is -1.92. The molecule has 2 aromatic rings. The van der Waals surface area contributed by atoms with Gasteiger partial charge in [-0.15, -0.1) is 11.3 Å². The van der Waals surface area contributed by atoms with Crippen LogP contribution in [0.4, 0.5) is 5.13 Å². The minimum absolute atomic E-state index is 0.0130. The van der Waals surface area contributed by atoms with Crippen molar-refractivity contribution in [3.63, 3.8) is 0 Å². The summed E-state index contributed by atoms with van der Waals surface area (Å²) in [7, 11) is 0. The van der Waals surface area contributed by atoms with Gasteiger partial charge in [-0.1, -0.05) is 32.0 Å². The van der Waals surface area contributed by atoms with Gasteiger partial charge in [-0.25, -0.2) is 4.98 Å². The zero-order chi connectivity index (χ0) is 18.5. The molecule has 0 bridgehead atoms. The van der Waals surface area contributed by atoms with E-state index in [4.69, 9.17) is 4.74 Å². The molecule has 5 nitrogen and oxygen atoms in total. The van der Waals surface area contributed by atoms with Gasteiger partial charge in [-0.3, -0.25) is 15.0 Å². The Bertz CT molecular complexity index is 736. The number of para-hydroxylation sites is 1. The minimum Gasteiger partial charge on any atom is -0.483 e. The molecule has 1 saturated heterocycles. The number of amides is 1. The number of benzene rings is 1. The molecule has 0 saturated carbocycles. The summed E-state index contributed by atoms with van der Waals surface area (Å²) in [6.45, 7) is 9.65. The number of aromatic nitrogens is 1. The summed E-state index contributed by atoms with van der Waals surface area (Å²) >= 11 is 1.47. The van der Waals surface area contributed by atoms with Crippen LogP contribution in [-0.4, -0.2) is 35.5 Å². The lowest BCUT2D eigenvalue weighted by Gasteiger charge is -2.34. The van der Waals surface area contributed by atoms with Gasteiger partial charge in [-0.2, -0.15) is 0 Å². The number of piperidine rings is 1. The summed E-state index contributed by atoms with van der Waals surface area (Å²) in [5.74, 6) is 2.01. The molecule has 1 aromatic carbocycles. The van der Waals surface area contributed by atoms with Gasteiger partial charge in [0.15, 0.2) is 11.7 Å². The molecule has 26 heavy (non-hydrogen) atoms. The number of rotatable bonds is 6. The number of carbonyl (C=O) groups is 1. The predicted molar refractivity (Wildman–Crippen MR) is 106 cm³/mol. The van der Waals surface area contributed by atoms with E-state index in [1.807, 2.05) is 36.6 Å². The number of likely N-dealkylation sites (tertiary alicyclic amines) is 1. The summed E-state index contributed by atoms with van der Waals surface area (Å²) in [4.78, 5) is 19.1. The Labute approximate surface area is 159 Å². The van der Waals surface area contributed by atoms with Crippen LogP contribution < -0.4 is 10.1 Å². The highest BCUT2D eigenvalue weighted by Crippen LogP contribution is 2.24. The minimum atomic E-state index is -0.186. The van der Waals surface area contributed by atoms with E-state index in [1.165, 1.54) is 17.8 Å². The maximum absolute atomic E-state index is 12.1. The van der Waals surface area contributed by atoms with Gasteiger partial charge >= 0.3 is 0 Å². The van der Waals surface area contributed by atoms with Crippen LogP contribution in [0.25, 0.3) is 0 Å². The Morgan fingerprint density at radius 3 is 2.77 bits per heavy atom. The lowest BCUT2D eigenvalue weighted by atomic mass is 9.92. The van der Waals surface area contributed by atoms with E-state index in [0.717, 1.165) is 48.5 Å². The standard InChI is InChI=1S/C20H27N3O2S/c1-14-8-15(2)10-23(9-14)11-17-13-26-20(21-17)22-19(24)12-25-18-7-5-4-6-16(18)3/h4-7,13-15H,8-12H2,1-3H3,(H,21,22,24)/t14-,15+. The van der Waals surface area contributed by atoms with Gasteiger partial charge in [-0.05, 0) is 36.8 Å². The van der Waals surface area contributed by atoms with Crippen molar-refractivity contribution in [3.05, 3.63) is 40.9 Å². The molecule has 0 radical (unpaired) electrons. The van der Waals surface area contributed by atoms with E-state index < -0.39 is 0 Å².